The largest absolute Gasteiger partial charge is 0.342 e. The Morgan fingerprint density at radius 1 is 1.00 bits per heavy atom. The molecule has 0 saturated carbocycles. The summed E-state index contributed by atoms with van der Waals surface area (Å²) in [6, 6.07) is 6.23. The molecule has 0 bridgehead atoms. The molecule has 3 aromatic rings. The van der Waals surface area contributed by atoms with Crippen LogP contribution >= 0.6 is 0 Å². The van der Waals surface area contributed by atoms with E-state index in [1.54, 1.807) is 12.4 Å². The summed E-state index contributed by atoms with van der Waals surface area (Å²) in [5, 5.41) is 0. The van der Waals surface area contributed by atoms with Crippen LogP contribution in [0, 0.1) is 0 Å². The van der Waals surface area contributed by atoms with Gasteiger partial charge in [0.25, 0.3) is 5.56 Å². The predicted molar refractivity (Wildman–Crippen MR) is 108 cm³/mol. The van der Waals surface area contributed by atoms with E-state index in [1.807, 2.05) is 6.07 Å². The van der Waals surface area contributed by atoms with Crippen molar-refractivity contribution in [1.29, 1.82) is 0 Å². The van der Waals surface area contributed by atoms with E-state index in [2.05, 4.69) is 36.9 Å². The van der Waals surface area contributed by atoms with E-state index in [1.165, 1.54) is 12.0 Å². The molecule has 1 fully saturated rings. The normalized spacial score (nSPS) is 17.6. The van der Waals surface area contributed by atoms with Gasteiger partial charge in [0.2, 0.25) is 5.95 Å². The number of hydrogen-bond donors (Lipinski definition) is 1. The van der Waals surface area contributed by atoms with Gasteiger partial charge in [0.1, 0.15) is 0 Å². The molecule has 0 unspecified atom stereocenters. The van der Waals surface area contributed by atoms with Gasteiger partial charge in [0.05, 0.1) is 16.7 Å². The highest BCUT2D eigenvalue weighted by Gasteiger charge is 2.23. The summed E-state index contributed by atoms with van der Waals surface area (Å²) in [4.78, 5) is 33.7. The van der Waals surface area contributed by atoms with Crippen LogP contribution in [0.2, 0.25) is 0 Å². The Morgan fingerprint density at radius 2 is 1.82 bits per heavy atom. The van der Waals surface area contributed by atoms with Gasteiger partial charge in [-0.2, -0.15) is 0 Å². The first-order valence-corrected chi connectivity index (χ1v) is 10.1. The van der Waals surface area contributed by atoms with Crippen molar-refractivity contribution < 1.29 is 0 Å². The number of rotatable bonds is 3. The number of nitrogens with one attached hydrogen (secondary N) is 1. The van der Waals surface area contributed by atoms with Crippen LogP contribution in [0.5, 0.6) is 0 Å². The fourth-order valence-corrected chi connectivity index (χ4v) is 4.24. The molecule has 2 aromatic heterocycles. The molecule has 7 heteroatoms. The van der Waals surface area contributed by atoms with Gasteiger partial charge >= 0.3 is 0 Å². The summed E-state index contributed by atoms with van der Waals surface area (Å²) < 4.78 is 0. The maximum absolute atomic E-state index is 12.6. The van der Waals surface area contributed by atoms with Crippen molar-refractivity contribution in [3.05, 3.63) is 57.8 Å². The summed E-state index contributed by atoms with van der Waals surface area (Å²) in [5.41, 5.74) is 4.84. The van der Waals surface area contributed by atoms with Crippen molar-refractivity contribution in [2.24, 2.45) is 0 Å². The number of H-pyrrole nitrogens is 1. The van der Waals surface area contributed by atoms with E-state index in [0.29, 0.717) is 6.54 Å². The molecular weight excluding hydrogens is 352 g/mol. The number of hydrogen-bond acceptors (Lipinski definition) is 6. The van der Waals surface area contributed by atoms with Gasteiger partial charge in [-0.05, 0) is 43.4 Å². The number of piperidine rings is 1. The highest BCUT2D eigenvalue weighted by atomic mass is 16.1. The zero-order valence-corrected chi connectivity index (χ0v) is 15.9. The van der Waals surface area contributed by atoms with E-state index in [9.17, 15) is 4.79 Å². The molecule has 144 valence electrons. The zero-order chi connectivity index (χ0) is 18.9. The smallest absolute Gasteiger partial charge is 0.255 e. The fraction of sp³-hybridized carbons (Fsp3) is 0.429. The molecule has 28 heavy (non-hydrogen) atoms. The molecule has 0 radical (unpaired) electrons. The van der Waals surface area contributed by atoms with Gasteiger partial charge in [-0.3, -0.25) is 24.6 Å². The lowest BCUT2D eigenvalue weighted by Crippen LogP contribution is -2.38. The van der Waals surface area contributed by atoms with Crippen molar-refractivity contribution in [2.45, 2.75) is 38.8 Å². The van der Waals surface area contributed by atoms with Gasteiger partial charge < -0.3 is 4.90 Å². The first kappa shape index (κ1) is 17.3. The quantitative estimate of drug-likeness (QED) is 0.756. The van der Waals surface area contributed by atoms with Crippen molar-refractivity contribution in [3.8, 4) is 0 Å². The number of fused-ring (bicyclic) bond motifs is 2. The van der Waals surface area contributed by atoms with Crippen LogP contribution in [0.1, 0.15) is 36.1 Å². The third-order valence-electron chi connectivity index (χ3n) is 5.74. The Kier molecular flexibility index (Phi) is 4.52. The summed E-state index contributed by atoms with van der Waals surface area (Å²) in [6.45, 7) is 4.34. The third kappa shape index (κ3) is 3.38. The average molecular weight is 376 g/mol. The second kappa shape index (κ2) is 7.31. The standard InChI is InChI=1S/C21H24N6O/c28-20-16-6-11-26(13-15-4-5-17-18(12-15)23-8-7-22-17)14-19(16)24-21(25-20)27-9-2-1-3-10-27/h4-5,7-8,12H,1-3,6,9-11,13-14H2,(H,24,25,28). The van der Waals surface area contributed by atoms with E-state index < -0.39 is 0 Å². The number of aromatic nitrogens is 4. The van der Waals surface area contributed by atoms with E-state index in [4.69, 9.17) is 4.98 Å². The Morgan fingerprint density at radius 3 is 2.68 bits per heavy atom. The molecule has 5 rings (SSSR count). The molecule has 2 aliphatic rings. The van der Waals surface area contributed by atoms with Crippen molar-refractivity contribution >= 4 is 17.0 Å². The third-order valence-corrected chi connectivity index (χ3v) is 5.74. The van der Waals surface area contributed by atoms with Gasteiger partial charge in [0, 0.05) is 50.7 Å². The summed E-state index contributed by atoms with van der Waals surface area (Å²) in [7, 11) is 0. The van der Waals surface area contributed by atoms with Crippen LogP contribution in [0.15, 0.2) is 35.4 Å². The first-order chi connectivity index (χ1) is 13.8. The number of anilines is 1. The minimum absolute atomic E-state index is 0.0335. The first-order valence-electron chi connectivity index (χ1n) is 10.1. The molecule has 0 spiro atoms. The van der Waals surface area contributed by atoms with Crippen molar-refractivity contribution in [1.82, 2.24) is 24.8 Å². The lowest BCUT2D eigenvalue weighted by molar-refractivity contribution is 0.240. The Hall–Kier alpha value is -2.80. The maximum atomic E-state index is 12.6. The number of benzene rings is 1. The number of nitrogens with zero attached hydrogens (tertiary/aromatic N) is 5. The fourth-order valence-electron chi connectivity index (χ4n) is 4.24. The lowest BCUT2D eigenvalue weighted by Gasteiger charge is -2.30. The molecule has 4 heterocycles. The monoisotopic (exact) mass is 376 g/mol. The Balaban J connectivity index is 1.37. The minimum atomic E-state index is 0.0335. The molecular formula is C21H24N6O. The van der Waals surface area contributed by atoms with Crippen LogP contribution in [0.3, 0.4) is 0 Å². The average Bonchev–Trinajstić information content (AvgIpc) is 2.74. The molecule has 0 aliphatic carbocycles. The topological polar surface area (TPSA) is 78.0 Å². The molecule has 2 aliphatic heterocycles. The zero-order valence-electron chi connectivity index (χ0n) is 15.9. The molecule has 7 nitrogen and oxygen atoms in total. The molecule has 1 N–H and O–H groups in total. The van der Waals surface area contributed by atoms with Crippen LogP contribution in [-0.2, 0) is 19.5 Å². The Bertz CT molecular complexity index is 1060. The molecule has 1 aromatic carbocycles. The van der Waals surface area contributed by atoms with Gasteiger partial charge in [0.15, 0.2) is 0 Å². The van der Waals surface area contributed by atoms with Gasteiger partial charge in [-0.25, -0.2) is 4.98 Å². The maximum Gasteiger partial charge on any atom is 0.255 e. The van der Waals surface area contributed by atoms with Crippen LogP contribution in [-0.4, -0.2) is 44.5 Å². The van der Waals surface area contributed by atoms with E-state index in [0.717, 1.165) is 73.7 Å². The molecule has 0 atom stereocenters. The second-order valence-electron chi connectivity index (χ2n) is 7.70. The summed E-state index contributed by atoms with van der Waals surface area (Å²) in [5.74, 6) is 0.742. The Labute approximate surface area is 163 Å². The van der Waals surface area contributed by atoms with Crippen LogP contribution in [0.4, 0.5) is 5.95 Å². The van der Waals surface area contributed by atoms with Crippen LogP contribution < -0.4 is 10.5 Å². The minimum Gasteiger partial charge on any atom is -0.342 e. The van der Waals surface area contributed by atoms with Crippen LogP contribution in [0.25, 0.3) is 11.0 Å². The molecule has 0 amide bonds. The highest BCUT2D eigenvalue weighted by molar-refractivity contribution is 5.74. The summed E-state index contributed by atoms with van der Waals surface area (Å²) in [6.07, 6.45) is 7.77. The van der Waals surface area contributed by atoms with Gasteiger partial charge in [-0.15, -0.1) is 0 Å². The predicted octanol–water partition coefficient (Wildman–Crippen LogP) is 2.26. The summed E-state index contributed by atoms with van der Waals surface area (Å²) >= 11 is 0. The lowest BCUT2D eigenvalue weighted by atomic mass is 10.1. The SMILES string of the molecule is O=c1[nH]c(N2CCCCC2)nc2c1CCN(Cc1ccc3nccnc3c1)C2. The van der Waals surface area contributed by atoms with E-state index in [-0.39, 0.29) is 5.56 Å². The van der Waals surface area contributed by atoms with Crippen molar-refractivity contribution in [2.75, 3.05) is 24.5 Å². The second-order valence-corrected chi connectivity index (χ2v) is 7.70. The highest BCUT2D eigenvalue weighted by Crippen LogP contribution is 2.21. The molecule has 1 saturated heterocycles. The van der Waals surface area contributed by atoms with Gasteiger partial charge in [-0.1, -0.05) is 6.07 Å². The number of aromatic amines is 1. The van der Waals surface area contributed by atoms with Crippen molar-refractivity contribution in [3.63, 3.8) is 0 Å². The van der Waals surface area contributed by atoms with E-state index >= 15 is 0 Å².